The van der Waals surface area contributed by atoms with E-state index in [0.29, 0.717) is 0 Å². The molecule has 0 fully saturated rings. The van der Waals surface area contributed by atoms with Gasteiger partial charge in [0, 0.05) is 5.41 Å². The van der Waals surface area contributed by atoms with Crippen LogP contribution in [0.4, 0.5) is 0 Å². The number of rotatable bonds is 6. The highest BCUT2D eigenvalue weighted by Crippen LogP contribution is 2.31. The molecule has 0 bridgehead atoms. The second-order valence-electron chi connectivity index (χ2n) is 4.51. The number of hydrogen-bond donors (Lipinski definition) is 1. The van der Waals surface area contributed by atoms with Crippen LogP contribution in [0.25, 0.3) is 0 Å². The SMILES string of the molecule is C=C(C)C(C)(C)[C@@H](O)CCCCC. The lowest BCUT2D eigenvalue weighted by Crippen LogP contribution is -2.29. The first-order chi connectivity index (χ1) is 5.92. The average molecular weight is 184 g/mol. The summed E-state index contributed by atoms with van der Waals surface area (Å²) >= 11 is 0. The summed E-state index contributed by atoms with van der Waals surface area (Å²) in [5.41, 5.74) is 0.935. The van der Waals surface area contributed by atoms with E-state index in [9.17, 15) is 5.11 Å². The van der Waals surface area contributed by atoms with Crippen LogP contribution in [0.1, 0.15) is 53.4 Å². The van der Waals surface area contributed by atoms with Crippen LogP contribution in [0, 0.1) is 5.41 Å². The van der Waals surface area contributed by atoms with E-state index < -0.39 is 0 Å². The monoisotopic (exact) mass is 184 g/mol. The maximum absolute atomic E-state index is 9.91. The standard InChI is InChI=1S/C12H24O/c1-6-7-8-9-11(13)12(4,5)10(2)3/h11,13H,2,6-9H2,1,3-5H3/t11-/m0/s1. The van der Waals surface area contributed by atoms with Crippen molar-refractivity contribution in [1.82, 2.24) is 0 Å². The zero-order valence-electron chi connectivity index (χ0n) is 9.56. The lowest BCUT2D eigenvalue weighted by molar-refractivity contribution is 0.0647. The summed E-state index contributed by atoms with van der Waals surface area (Å²) in [6, 6.07) is 0. The van der Waals surface area contributed by atoms with Gasteiger partial charge in [0.2, 0.25) is 0 Å². The Kier molecular flexibility index (Phi) is 5.31. The molecule has 1 N–H and O–H groups in total. The predicted molar refractivity (Wildman–Crippen MR) is 58.7 cm³/mol. The Balaban J connectivity index is 3.94. The molecule has 0 unspecified atom stereocenters. The molecular weight excluding hydrogens is 160 g/mol. The van der Waals surface area contributed by atoms with Crippen LogP contribution in [0.15, 0.2) is 12.2 Å². The Bertz CT molecular complexity index is 159. The van der Waals surface area contributed by atoms with E-state index in [1.54, 1.807) is 0 Å². The van der Waals surface area contributed by atoms with Crippen molar-refractivity contribution in [3.05, 3.63) is 12.2 Å². The van der Waals surface area contributed by atoms with E-state index in [1.165, 1.54) is 12.8 Å². The van der Waals surface area contributed by atoms with E-state index in [4.69, 9.17) is 0 Å². The third-order valence-corrected chi connectivity index (χ3v) is 3.01. The van der Waals surface area contributed by atoms with Crippen molar-refractivity contribution < 1.29 is 5.11 Å². The van der Waals surface area contributed by atoms with E-state index in [0.717, 1.165) is 18.4 Å². The van der Waals surface area contributed by atoms with Crippen molar-refractivity contribution in [3.63, 3.8) is 0 Å². The molecule has 13 heavy (non-hydrogen) atoms. The van der Waals surface area contributed by atoms with Crippen LogP contribution < -0.4 is 0 Å². The molecule has 78 valence electrons. The summed E-state index contributed by atoms with van der Waals surface area (Å²) in [4.78, 5) is 0. The van der Waals surface area contributed by atoms with Crippen LogP contribution in [0.3, 0.4) is 0 Å². The van der Waals surface area contributed by atoms with E-state index in [-0.39, 0.29) is 11.5 Å². The van der Waals surface area contributed by atoms with Gasteiger partial charge in [-0.2, -0.15) is 0 Å². The molecule has 0 spiro atoms. The third kappa shape index (κ3) is 3.95. The Morgan fingerprint density at radius 3 is 2.31 bits per heavy atom. The minimum atomic E-state index is -0.239. The van der Waals surface area contributed by atoms with Gasteiger partial charge in [-0.1, -0.05) is 52.2 Å². The lowest BCUT2D eigenvalue weighted by atomic mass is 9.78. The van der Waals surface area contributed by atoms with Crippen molar-refractivity contribution in [3.8, 4) is 0 Å². The fourth-order valence-electron chi connectivity index (χ4n) is 1.23. The molecular formula is C12H24O. The normalized spacial score (nSPS) is 14.2. The summed E-state index contributed by atoms with van der Waals surface area (Å²) in [6.45, 7) is 12.2. The molecule has 0 radical (unpaired) electrons. The van der Waals surface area contributed by atoms with Crippen LogP contribution in [-0.4, -0.2) is 11.2 Å². The highest BCUT2D eigenvalue weighted by Gasteiger charge is 2.27. The van der Waals surface area contributed by atoms with Gasteiger partial charge in [-0.3, -0.25) is 0 Å². The Labute approximate surface area is 82.9 Å². The van der Waals surface area contributed by atoms with E-state index >= 15 is 0 Å². The second-order valence-corrected chi connectivity index (χ2v) is 4.51. The molecule has 1 heteroatoms. The summed E-state index contributed by atoms with van der Waals surface area (Å²) in [7, 11) is 0. The van der Waals surface area contributed by atoms with Gasteiger partial charge in [0.25, 0.3) is 0 Å². The van der Waals surface area contributed by atoms with Gasteiger partial charge in [0.05, 0.1) is 6.10 Å². The third-order valence-electron chi connectivity index (χ3n) is 3.01. The van der Waals surface area contributed by atoms with Gasteiger partial charge in [0.1, 0.15) is 0 Å². The lowest BCUT2D eigenvalue weighted by Gasteiger charge is -2.31. The molecule has 0 aromatic heterocycles. The molecule has 0 rings (SSSR count). The molecule has 0 aliphatic rings. The highest BCUT2D eigenvalue weighted by atomic mass is 16.3. The largest absolute Gasteiger partial charge is 0.392 e. The molecule has 0 aliphatic heterocycles. The number of hydrogen-bond acceptors (Lipinski definition) is 1. The zero-order valence-corrected chi connectivity index (χ0v) is 9.56. The molecule has 0 saturated carbocycles. The molecule has 1 nitrogen and oxygen atoms in total. The van der Waals surface area contributed by atoms with Gasteiger partial charge in [-0.25, -0.2) is 0 Å². The van der Waals surface area contributed by atoms with Crippen LogP contribution in [0.5, 0.6) is 0 Å². The average Bonchev–Trinajstić information content (AvgIpc) is 2.04. The minimum absolute atomic E-state index is 0.131. The summed E-state index contributed by atoms with van der Waals surface area (Å²) in [5, 5.41) is 9.91. The fourth-order valence-corrected chi connectivity index (χ4v) is 1.23. The molecule has 0 amide bonds. The molecule has 0 saturated heterocycles. The minimum Gasteiger partial charge on any atom is -0.392 e. The Morgan fingerprint density at radius 2 is 1.92 bits per heavy atom. The van der Waals surface area contributed by atoms with Crippen molar-refractivity contribution >= 4 is 0 Å². The molecule has 0 aromatic rings. The van der Waals surface area contributed by atoms with Gasteiger partial charge >= 0.3 is 0 Å². The predicted octanol–water partition coefficient (Wildman–Crippen LogP) is 3.53. The zero-order chi connectivity index (χ0) is 10.5. The first-order valence-electron chi connectivity index (χ1n) is 5.27. The van der Waals surface area contributed by atoms with Crippen LogP contribution in [-0.2, 0) is 0 Å². The van der Waals surface area contributed by atoms with Crippen LogP contribution in [0.2, 0.25) is 0 Å². The van der Waals surface area contributed by atoms with E-state index in [1.807, 2.05) is 6.92 Å². The number of aliphatic hydroxyl groups is 1. The molecule has 0 heterocycles. The topological polar surface area (TPSA) is 20.2 Å². The molecule has 1 atom stereocenters. The van der Waals surface area contributed by atoms with Gasteiger partial charge in [-0.05, 0) is 13.3 Å². The first kappa shape index (κ1) is 12.7. The summed E-state index contributed by atoms with van der Waals surface area (Å²) < 4.78 is 0. The smallest absolute Gasteiger partial charge is 0.0628 e. The van der Waals surface area contributed by atoms with Gasteiger partial charge in [-0.15, -0.1) is 0 Å². The van der Waals surface area contributed by atoms with Crippen molar-refractivity contribution in [2.45, 2.75) is 59.5 Å². The van der Waals surface area contributed by atoms with Crippen molar-refractivity contribution in [2.24, 2.45) is 5.41 Å². The van der Waals surface area contributed by atoms with Gasteiger partial charge in [0.15, 0.2) is 0 Å². The maximum atomic E-state index is 9.91. The van der Waals surface area contributed by atoms with Crippen LogP contribution >= 0.6 is 0 Å². The first-order valence-corrected chi connectivity index (χ1v) is 5.27. The molecule has 0 aliphatic carbocycles. The molecule has 0 aromatic carbocycles. The summed E-state index contributed by atoms with van der Waals surface area (Å²) in [5.74, 6) is 0. The fraction of sp³-hybridized carbons (Fsp3) is 0.833. The second kappa shape index (κ2) is 5.43. The highest BCUT2D eigenvalue weighted by molar-refractivity contribution is 5.06. The number of aliphatic hydroxyl groups excluding tert-OH is 1. The van der Waals surface area contributed by atoms with E-state index in [2.05, 4.69) is 27.4 Å². The van der Waals surface area contributed by atoms with Crippen molar-refractivity contribution in [1.29, 1.82) is 0 Å². The van der Waals surface area contributed by atoms with Gasteiger partial charge < -0.3 is 5.11 Å². The van der Waals surface area contributed by atoms with Crippen molar-refractivity contribution in [2.75, 3.05) is 0 Å². The number of unbranched alkanes of at least 4 members (excludes halogenated alkanes) is 2. The quantitative estimate of drug-likeness (QED) is 0.494. The summed E-state index contributed by atoms with van der Waals surface area (Å²) in [6.07, 6.45) is 4.20. The Morgan fingerprint density at radius 1 is 1.38 bits per heavy atom. The maximum Gasteiger partial charge on any atom is 0.0628 e. The Hall–Kier alpha value is -0.300.